The minimum absolute atomic E-state index is 0.0732. The van der Waals surface area contributed by atoms with E-state index in [4.69, 9.17) is 4.43 Å². The first-order chi connectivity index (χ1) is 6.83. The predicted molar refractivity (Wildman–Crippen MR) is 72.7 cm³/mol. The van der Waals surface area contributed by atoms with Gasteiger partial charge in [0.1, 0.15) is 0 Å². The van der Waals surface area contributed by atoms with Gasteiger partial charge < -0.3 is 4.43 Å². The molecule has 2 nitrogen and oxygen atoms in total. The van der Waals surface area contributed by atoms with Crippen LogP contribution >= 0.6 is 0 Å². The first kappa shape index (κ1) is 15.1. The van der Waals surface area contributed by atoms with E-state index in [0.29, 0.717) is 0 Å². The number of aliphatic imine (C=N–C) groups is 1. The molecule has 0 unspecified atom stereocenters. The van der Waals surface area contributed by atoms with Gasteiger partial charge >= 0.3 is 0 Å². The van der Waals surface area contributed by atoms with Crippen LogP contribution in [0.4, 0.5) is 0 Å². The van der Waals surface area contributed by atoms with E-state index in [2.05, 4.69) is 38.5 Å². The molecule has 0 spiro atoms. The standard InChI is InChI=1S/C11H25NOSi2/c1-7-12-9-8-10-15(5,6)13-11(2,3)14-4/h7H,8-10H2,1-6H3. The summed E-state index contributed by atoms with van der Waals surface area (Å²) in [4.78, 5) is 4.23. The summed E-state index contributed by atoms with van der Waals surface area (Å²) >= 11 is 0. The molecule has 15 heavy (non-hydrogen) atoms. The maximum absolute atomic E-state index is 6.25. The van der Waals surface area contributed by atoms with Gasteiger partial charge in [-0.3, -0.25) is 4.99 Å². The highest BCUT2D eigenvalue weighted by atomic mass is 28.4. The van der Waals surface area contributed by atoms with Crippen LogP contribution in [0.2, 0.25) is 25.7 Å². The molecular formula is C11H25NOSi2. The zero-order chi connectivity index (χ0) is 11.9. The Labute approximate surface area is 98.5 Å². The van der Waals surface area contributed by atoms with Crippen LogP contribution in [0.5, 0.6) is 0 Å². The quantitative estimate of drug-likeness (QED) is 0.382. The minimum atomic E-state index is -1.48. The first-order valence-electron chi connectivity index (χ1n) is 5.66. The molecule has 0 saturated heterocycles. The number of hydrogen-bond acceptors (Lipinski definition) is 2. The molecular weight excluding hydrogens is 218 g/mol. The molecule has 0 fully saturated rings. The Morgan fingerprint density at radius 2 is 2.00 bits per heavy atom. The van der Waals surface area contributed by atoms with Gasteiger partial charge in [0.05, 0.1) is 9.52 Å². The van der Waals surface area contributed by atoms with E-state index < -0.39 is 8.32 Å². The summed E-state index contributed by atoms with van der Waals surface area (Å²) in [6, 6.07) is 1.21. The molecule has 0 heterocycles. The average molecular weight is 243 g/mol. The van der Waals surface area contributed by atoms with Crippen molar-refractivity contribution < 1.29 is 4.43 Å². The molecule has 0 saturated carbocycles. The number of rotatable bonds is 7. The summed E-state index contributed by atoms with van der Waals surface area (Å²) < 4.78 is 6.25. The molecule has 4 heteroatoms. The van der Waals surface area contributed by atoms with Crippen LogP contribution in [0, 0.1) is 0 Å². The Morgan fingerprint density at radius 1 is 1.40 bits per heavy atom. The van der Waals surface area contributed by atoms with Crippen LogP contribution in [0.25, 0.3) is 0 Å². The van der Waals surface area contributed by atoms with Crippen molar-refractivity contribution in [1.29, 1.82) is 0 Å². The van der Waals surface area contributed by atoms with Crippen molar-refractivity contribution in [3.8, 4) is 0 Å². The van der Waals surface area contributed by atoms with Gasteiger partial charge in [-0.05, 0) is 52.5 Å². The molecule has 0 bridgehead atoms. The summed E-state index contributed by atoms with van der Waals surface area (Å²) in [5.74, 6) is 0. The zero-order valence-corrected chi connectivity index (χ0v) is 13.1. The number of hydrogen-bond donors (Lipinski definition) is 0. The first-order valence-corrected chi connectivity index (χ1v) is 10.3. The summed E-state index contributed by atoms with van der Waals surface area (Å²) in [5.41, 5.74) is 0. The topological polar surface area (TPSA) is 21.6 Å². The van der Waals surface area contributed by atoms with Gasteiger partial charge in [-0.2, -0.15) is 0 Å². The molecule has 0 N–H and O–H groups in total. The van der Waals surface area contributed by atoms with Crippen molar-refractivity contribution in [2.45, 2.75) is 58.1 Å². The molecule has 0 aromatic rings. The Bertz CT molecular complexity index is 203. The smallest absolute Gasteiger partial charge is 0.187 e. The fourth-order valence-electron chi connectivity index (χ4n) is 1.52. The highest BCUT2D eigenvalue weighted by Crippen LogP contribution is 2.21. The van der Waals surface area contributed by atoms with Crippen LogP contribution in [-0.2, 0) is 4.43 Å². The molecule has 0 aliphatic rings. The third-order valence-electron chi connectivity index (χ3n) is 2.38. The lowest BCUT2D eigenvalue weighted by atomic mass is 10.5. The molecule has 0 aromatic heterocycles. The lowest BCUT2D eigenvalue weighted by Crippen LogP contribution is -2.43. The van der Waals surface area contributed by atoms with Crippen LogP contribution in [0.1, 0.15) is 27.2 Å². The largest absolute Gasteiger partial charge is 0.416 e. The van der Waals surface area contributed by atoms with Gasteiger partial charge in [0.15, 0.2) is 8.32 Å². The second-order valence-corrected chi connectivity index (χ2v) is 10.8. The fourth-order valence-corrected chi connectivity index (χ4v) is 5.25. The van der Waals surface area contributed by atoms with Crippen LogP contribution in [-0.4, -0.2) is 35.8 Å². The van der Waals surface area contributed by atoms with Crippen molar-refractivity contribution in [3.63, 3.8) is 0 Å². The van der Waals surface area contributed by atoms with Gasteiger partial charge in [0.25, 0.3) is 0 Å². The monoisotopic (exact) mass is 243 g/mol. The van der Waals surface area contributed by atoms with Crippen molar-refractivity contribution in [1.82, 2.24) is 0 Å². The van der Waals surface area contributed by atoms with Crippen LogP contribution in [0.15, 0.2) is 4.99 Å². The van der Waals surface area contributed by atoms with Crippen molar-refractivity contribution in [2.75, 3.05) is 6.54 Å². The summed E-state index contributed by atoms with van der Waals surface area (Å²) in [6.45, 7) is 14.2. The van der Waals surface area contributed by atoms with E-state index in [0.717, 1.165) is 22.5 Å². The van der Waals surface area contributed by atoms with E-state index in [1.807, 2.05) is 13.1 Å². The lowest BCUT2D eigenvalue weighted by molar-refractivity contribution is 0.183. The minimum Gasteiger partial charge on any atom is -0.416 e. The molecule has 0 aromatic carbocycles. The van der Waals surface area contributed by atoms with Gasteiger partial charge in [0.2, 0.25) is 0 Å². The molecule has 0 aliphatic carbocycles. The molecule has 0 rings (SSSR count). The SMILES string of the molecule is CC=NCCC[Si](C)(C)OC(C)(C)[Si]C. The van der Waals surface area contributed by atoms with E-state index in [1.54, 1.807) is 0 Å². The van der Waals surface area contributed by atoms with E-state index >= 15 is 0 Å². The van der Waals surface area contributed by atoms with E-state index in [-0.39, 0.29) is 5.22 Å². The lowest BCUT2D eigenvalue weighted by Gasteiger charge is -2.34. The summed E-state index contributed by atoms with van der Waals surface area (Å²) in [6.07, 6.45) is 3.04. The highest BCUT2D eigenvalue weighted by Gasteiger charge is 2.29. The second kappa shape index (κ2) is 6.60. The van der Waals surface area contributed by atoms with Crippen LogP contribution in [0.3, 0.4) is 0 Å². The Hall–Kier alpha value is 0.0638. The summed E-state index contributed by atoms with van der Waals surface area (Å²) in [7, 11) is -0.630. The number of nitrogens with zero attached hydrogens (tertiary/aromatic N) is 1. The zero-order valence-electron chi connectivity index (χ0n) is 11.1. The maximum Gasteiger partial charge on any atom is 0.187 e. The van der Waals surface area contributed by atoms with Gasteiger partial charge in [-0.25, -0.2) is 0 Å². The predicted octanol–water partition coefficient (Wildman–Crippen LogP) is 3.18. The fraction of sp³-hybridized carbons (Fsp3) is 0.909. The molecule has 0 atom stereocenters. The Balaban J connectivity index is 3.96. The van der Waals surface area contributed by atoms with E-state index in [1.165, 1.54) is 6.04 Å². The molecule has 0 amide bonds. The second-order valence-electron chi connectivity index (χ2n) is 4.89. The van der Waals surface area contributed by atoms with Crippen LogP contribution < -0.4 is 0 Å². The van der Waals surface area contributed by atoms with Crippen molar-refractivity contribution in [2.24, 2.45) is 4.99 Å². The molecule has 0 aliphatic heterocycles. The average Bonchev–Trinajstić information content (AvgIpc) is 2.11. The third-order valence-corrected chi connectivity index (χ3v) is 6.51. The normalized spacial score (nSPS) is 13.7. The van der Waals surface area contributed by atoms with Crippen molar-refractivity contribution >= 4 is 24.1 Å². The van der Waals surface area contributed by atoms with E-state index in [9.17, 15) is 0 Å². The summed E-state index contributed by atoms with van der Waals surface area (Å²) in [5, 5.41) is 0.0732. The third kappa shape index (κ3) is 7.93. The van der Waals surface area contributed by atoms with Gasteiger partial charge in [-0.1, -0.05) is 6.55 Å². The Morgan fingerprint density at radius 3 is 2.47 bits per heavy atom. The maximum atomic E-state index is 6.25. The van der Waals surface area contributed by atoms with Gasteiger partial charge in [0, 0.05) is 11.8 Å². The van der Waals surface area contributed by atoms with Gasteiger partial charge in [-0.15, -0.1) is 0 Å². The highest BCUT2D eigenvalue weighted by molar-refractivity contribution is 6.71. The molecule has 88 valence electrons. The molecule has 2 radical (unpaired) electrons. The Kier molecular flexibility index (Phi) is 6.63. The van der Waals surface area contributed by atoms with Crippen molar-refractivity contribution in [3.05, 3.63) is 0 Å².